The quantitative estimate of drug-likeness (QED) is 0.839. The molecule has 0 saturated carbocycles. The number of hydrogen-bond acceptors (Lipinski definition) is 6. The molecule has 7 heteroatoms. The molecule has 0 spiro atoms. The molecular formula is C16H20N4O3. The normalized spacial score (nSPS) is 18.1. The summed E-state index contributed by atoms with van der Waals surface area (Å²) in [5.41, 5.74) is 0.827. The average Bonchev–Trinajstić information content (AvgIpc) is 3.05. The van der Waals surface area contributed by atoms with Gasteiger partial charge in [0, 0.05) is 30.5 Å². The minimum absolute atomic E-state index is 0.0195. The maximum absolute atomic E-state index is 12.2. The van der Waals surface area contributed by atoms with Crippen LogP contribution in [-0.2, 0) is 16.1 Å². The van der Waals surface area contributed by atoms with E-state index in [4.69, 9.17) is 9.26 Å². The Kier molecular flexibility index (Phi) is 4.97. The Bertz CT molecular complexity index is 644. The molecule has 1 aliphatic rings. The minimum Gasteiger partial charge on any atom is -0.362 e. The van der Waals surface area contributed by atoms with Gasteiger partial charge in [-0.2, -0.15) is 4.98 Å². The average molecular weight is 316 g/mol. The van der Waals surface area contributed by atoms with Crippen LogP contribution in [0, 0.1) is 0 Å². The molecule has 122 valence electrons. The van der Waals surface area contributed by atoms with Crippen molar-refractivity contribution in [2.24, 2.45) is 0 Å². The van der Waals surface area contributed by atoms with E-state index in [0.717, 1.165) is 24.9 Å². The number of hydrogen-bond donors (Lipinski definition) is 0. The second-order valence-electron chi connectivity index (χ2n) is 5.67. The Labute approximate surface area is 134 Å². The Balaban J connectivity index is 1.49. The first-order valence-corrected chi connectivity index (χ1v) is 7.84. The number of nitrogens with zero attached hydrogens (tertiary/aromatic N) is 4. The van der Waals surface area contributed by atoms with E-state index >= 15 is 0 Å². The van der Waals surface area contributed by atoms with Gasteiger partial charge < -0.3 is 14.2 Å². The van der Waals surface area contributed by atoms with E-state index < -0.39 is 0 Å². The fourth-order valence-corrected chi connectivity index (χ4v) is 2.71. The number of piperidine rings is 1. The van der Waals surface area contributed by atoms with E-state index in [2.05, 4.69) is 22.0 Å². The molecule has 0 aliphatic carbocycles. The third-order valence-corrected chi connectivity index (χ3v) is 3.98. The molecule has 23 heavy (non-hydrogen) atoms. The van der Waals surface area contributed by atoms with Crippen molar-refractivity contribution in [1.29, 1.82) is 0 Å². The maximum atomic E-state index is 12.2. The van der Waals surface area contributed by atoms with Crippen molar-refractivity contribution in [3.05, 3.63) is 30.4 Å². The van der Waals surface area contributed by atoms with Gasteiger partial charge in [0.15, 0.2) is 0 Å². The first-order chi connectivity index (χ1) is 11.2. The van der Waals surface area contributed by atoms with Crippen LogP contribution in [0.1, 0.15) is 32.1 Å². The summed E-state index contributed by atoms with van der Waals surface area (Å²) in [5.74, 6) is 0.865. The summed E-state index contributed by atoms with van der Waals surface area (Å²) in [5, 5.41) is 3.90. The molecular weight excluding hydrogens is 296 g/mol. The fourth-order valence-electron chi connectivity index (χ4n) is 2.71. The van der Waals surface area contributed by atoms with Gasteiger partial charge in [-0.15, -0.1) is 0 Å². The zero-order valence-electron chi connectivity index (χ0n) is 13.1. The molecule has 3 rings (SSSR count). The summed E-state index contributed by atoms with van der Waals surface area (Å²) in [6.07, 6.45) is 6.64. The smallest absolute Gasteiger partial charge is 0.252 e. The van der Waals surface area contributed by atoms with Crippen LogP contribution in [-0.4, -0.2) is 45.1 Å². The number of ether oxygens (including phenoxy) is 1. The molecule has 2 aromatic rings. The van der Waals surface area contributed by atoms with Crippen molar-refractivity contribution in [3.63, 3.8) is 0 Å². The zero-order valence-corrected chi connectivity index (χ0v) is 13.1. The van der Waals surface area contributed by atoms with E-state index in [-0.39, 0.29) is 19.1 Å². The Hall–Kier alpha value is -2.28. The summed E-state index contributed by atoms with van der Waals surface area (Å²) >= 11 is 0. The SMILES string of the molecule is CC1CCCCN1C(=O)COCc1nc(-c2ccncc2)no1. The van der Waals surface area contributed by atoms with Gasteiger partial charge in [-0.05, 0) is 38.3 Å². The Morgan fingerprint density at radius 1 is 1.39 bits per heavy atom. The summed E-state index contributed by atoms with van der Waals surface area (Å²) < 4.78 is 10.6. The predicted octanol–water partition coefficient (Wildman–Crippen LogP) is 2.05. The van der Waals surface area contributed by atoms with Gasteiger partial charge in [0.25, 0.3) is 5.89 Å². The number of amides is 1. The summed E-state index contributed by atoms with van der Waals surface area (Å²) in [4.78, 5) is 22.2. The van der Waals surface area contributed by atoms with Gasteiger partial charge >= 0.3 is 0 Å². The third kappa shape index (κ3) is 3.92. The lowest BCUT2D eigenvalue weighted by molar-refractivity contribution is -0.140. The van der Waals surface area contributed by atoms with Crippen molar-refractivity contribution < 1.29 is 14.1 Å². The van der Waals surface area contributed by atoms with E-state index in [1.165, 1.54) is 6.42 Å². The van der Waals surface area contributed by atoms with Crippen LogP contribution in [0.15, 0.2) is 29.0 Å². The molecule has 1 amide bonds. The van der Waals surface area contributed by atoms with Crippen molar-refractivity contribution in [2.45, 2.75) is 38.8 Å². The highest BCUT2D eigenvalue weighted by Crippen LogP contribution is 2.17. The highest BCUT2D eigenvalue weighted by atomic mass is 16.5. The Morgan fingerprint density at radius 2 is 2.22 bits per heavy atom. The van der Waals surface area contributed by atoms with Crippen LogP contribution in [0.4, 0.5) is 0 Å². The van der Waals surface area contributed by atoms with Crippen LogP contribution in [0.25, 0.3) is 11.4 Å². The lowest BCUT2D eigenvalue weighted by Crippen LogP contribution is -2.43. The Morgan fingerprint density at radius 3 is 3.00 bits per heavy atom. The number of aromatic nitrogens is 3. The first kappa shape index (κ1) is 15.6. The van der Waals surface area contributed by atoms with Crippen molar-refractivity contribution >= 4 is 5.91 Å². The maximum Gasteiger partial charge on any atom is 0.252 e. The molecule has 1 unspecified atom stereocenters. The van der Waals surface area contributed by atoms with Gasteiger partial charge in [0.2, 0.25) is 11.7 Å². The van der Waals surface area contributed by atoms with Gasteiger partial charge in [-0.3, -0.25) is 9.78 Å². The first-order valence-electron chi connectivity index (χ1n) is 7.84. The van der Waals surface area contributed by atoms with Crippen molar-refractivity contribution in [2.75, 3.05) is 13.2 Å². The largest absolute Gasteiger partial charge is 0.362 e. The molecule has 1 saturated heterocycles. The van der Waals surface area contributed by atoms with E-state index in [1.54, 1.807) is 24.5 Å². The van der Waals surface area contributed by atoms with Gasteiger partial charge in [-0.1, -0.05) is 5.16 Å². The van der Waals surface area contributed by atoms with Crippen LogP contribution >= 0.6 is 0 Å². The zero-order chi connectivity index (χ0) is 16.1. The van der Waals surface area contributed by atoms with Gasteiger partial charge in [0.1, 0.15) is 13.2 Å². The van der Waals surface area contributed by atoms with Crippen LogP contribution < -0.4 is 0 Å². The van der Waals surface area contributed by atoms with Crippen LogP contribution in [0.5, 0.6) is 0 Å². The lowest BCUT2D eigenvalue weighted by atomic mass is 10.0. The second-order valence-corrected chi connectivity index (χ2v) is 5.67. The summed E-state index contributed by atoms with van der Waals surface area (Å²) in [7, 11) is 0. The molecule has 1 fully saturated rings. The third-order valence-electron chi connectivity index (χ3n) is 3.98. The highest BCUT2D eigenvalue weighted by Gasteiger charge is 2.23. The molecule has 0 N–H and O–H groups in total. The van der Waals surface area contributed by atoms with Gasteiger partial charge in [0.05, 0.1) is 0 Å². The van der Waals surface area contributed by atoms with E-state index in [9.17, 15) is 4.79 Å². The number of rotatable bonds is 5. The molecule has 3 heterocycles. The summed E-state index contributed by atoms with van der Waals surface area (Å²) in [6, 6.07) is 3.90. The van der Waals surface area contributed by atoms with Gasteiger partial charge in [-0.25, -0.2) is 0 Å². The predicted molar refractivity (Wildman–Crippen MR) is 82.2 cm³/mol. The molecule has 0 bridgehead atoms. The molecule has 0 aromatic carbocycles. The van der Waals surface area contributed by atoms with Crippen LogP contribution in [0.3, 0.4) is 0 Å². The fraction of sp³-hybridized carbons (Fsp3) is 0.500. The highest BCUT2D eigenvalue weighted by molar-refractivity contribution is 5.77. The minimum atomic E-state index is 0.0195. The number of pyridine rings is 1. The van der Waals surface area contributed by atoms with Crippen LogP contribution in [0.2, 0.25) is 0 Å². The van der Waals surface area contributed by atoms with Crippen molar-refractivity contribution in [3.8, 4) is 11.4 Å². The molecule has 1 atom stereocenters. The number of likely N-dealkylation sites (tertiary alicyclic amines) is 1. The van der Waals surface area contributed by atoms with E-state index in [0.29, 0.717) is 17.8 Å². The number of carbonyl (C=O) groups excluding carboxylic acids is 1. The molecule has 7 nitrogen and oxygen atoms in total. The summed E-state index contributed by atoms with van der Waals surface area (Å²) in [6.45, 7) is 3.07. The number of carbonyl (C=O) groups is 1. The molecule has 0 radical (unpaired) electrons. The standard InChI is InChI=1S/C16H20N4O3/c1-12-4-2-3-9-20(12)15(21)11-22-10-14-18-16(19-23-14)13-5-7-17-8-6-13/h5-8,12H,2-4,9-11H2,1H3. The molecule has 1 aliphatic heterocycles. The monoisotopic (exact) mass is 316 g/mol. The lowest BCUT2D eigenvalue weighted by Gasteiger charge is -2.33. The molecule has 2 aromatic heterocycles. The topological polar surface area (TPSA) is 81.4 Å². The van der Waals surface area contributed by atoms with E-state index in [1.807, 2.05) is 4.90 Å². The van der Waals surface area contributed by atoms with Crippen molar-refractivity contribution in [1.82, 2.24) is 20.0 Å². The second kappa shape index (κ2) is 7.32.